The summed E-state index contributed by atoms with van der Waals surface area (Å²) in [6.07, 6.45) is 7.08. The molecule has 1 aliphatic carbocycles. The van der Waals surface area contributed by atoms with Crippen molar-refractivity contribution < 1.29 is 13.2 Å². The number of nitrogens with zero attached hydrogens (tertiary/aromatic N) is 2. The van der Waals surface area contributed by atoms with Crippen LogP contribution >= 0.6 is 0 Å². The van der Waals surface area contributed by atoms with Gasteiger partial charge in [0.15, 0.2) is 0 Å². The highest BCUT2D eigenvalue weighted by molar-refractivity contribution is 7.89. The molecule has 2 aromatic rings. The van der Waals surface area contributed by atoms with Gasteiger partial charge in [0.1, 0.15) is 10.6 Å². The van der Waals surface area contributed by atoms with Gasteiger partial charge in [0.25, 0.3) is 5.91 Å². The third-order valence-electron chi connectivity index (χ3n) is 5.89. The highest BCUT2D eigenvalue weighted by atomic mass is 32.2. The number of carbonyl (C=O) groups is 1. The van der Waals surface area contributed by atoms with E-state index in [2.05, 4.69) is 17.1 Å². The Labute approximate surface area is 159 Å². The maximum atomic E-state index is 13.1. The van der Waals surface area contributed by atoms with E-state index in [1.165, 1.54) is 31.4 Å². The Morgan fingerprint density at radius 1 is 1.07 bits per heavy atom. The number of nitrogens with two attached hydrogens (primary N) is 1. The number of rotatable bonds is 3. The van der Waals surface area contributed by atoms with E-state index < -0.39 is 10.0 Å². The molecule has 27 heavy (non-hydrogen) atoms. The predicted octanol–water partition coefficient (Wildman–Crippen LogP) is 2.88. The van der Waals surface area contributed by atoms with Gasteiger partial charge in [0.05, 0.1) is 6.04 Å². The van der Waals surface area contributed by atoms with Crippen LogP contribution in [0.5, 0.6) is 0 Å². The zero-order chi connectivity index (χ0) is 19.1. The first-order valence-corrected chi connectivity index (χ1v) is 10.8. The van der Waals surface area contributed by atoms with Gasteiger partial charge in [-0.25, -0.2) is 18.5 Å². The number of likely N-dealkylation sites (tertiary alicyclic amines) is 1. The smallest absolute Gasteiger partial charge is 0.273 e. The molecule has 1 aliphatic heterocycles. The van der Waals surface area contributed by atoms with E-state index in [9.17, 15) is 13.2 Å². The second-order valence-corrected chi connectivity index (χ2v) is 9.15. The van der Waals surface area contributed by atoms with Gasteiger partial charge in [-0.15, -0.1) is 0 Å². The Kier molecular flexibility index (Phi) is 4.52. The molecule has 1 aromatic heterocycles. The summed E-state index contributed by atoms with van der Waals surface area (Å²) in [5.74, 6) is -0.166. The number of primary sulfonamides is 1. The average Bonchev–Trinajstić information content (AvgIpc) is 2.67. The van der Waals surface area contributed by atoms with Gasteiger partial charge < -0.3 is 4.90 Å². The van der Waals surface area contributed by atoms with E-state index in [1.54, 1.807) is 0 Å². The Hall–Kier alpha value is -2.25. The highest BCUT2D eigenvalue weighted by Crippen LogP contribution is 2.57. The van der Waals surface area contributed by atoms with Gasteiger partial charge in [0.2, 0.25) is 10.0 Å². The molecule has 2 N–H and O–H groups in total. The van der Waals surface area contributed by atoms with Crippen molar-refractivity contribution in [3.63, 3.8) is 0 Å². The second kappa shape index (κ2) is 6.73. The van der Waals surface area contributed by atoms with Crippen molar-refractivity contribution in [3.05, 3.63) is 59.9 Å². The zero-order valence-corrected chi connectivity index (χ0v) is 15.9. The lowest BCUT2D eigenvalue weighted by atomic mass is 9.61. The highest BCUT2D eigenvalue weighted by Gasteiger charge is 2.55. The van der Waals surface area contributed by atoms with E-state index in [4.69, 9.17) is 5.14 Å². The topological polar surface area (TPSA) is 93.4 Å². The molecule has 1 saturated carbocycles. The first-order valence-electron chi connectivity index (χ1n) is 9.26. The molecule has 0 bridgehead atoms. The number of pyridine rings is 1. The van der Waals surface area contributed by atoms with Crippen LogP contribution in [0.4, 0.5) is 0 Å². The van der Waals surface area contributed by atoms with Gasteiger partial charge in [-0.05, 0) is 30.5 Å². The second-order valence-electron chi connectivity index (χ2n) is 7.59. The summed E-state index contributed by atoms with van der Waals surface area (Å²) >= 11 is 0. The summed E-state index contributed by atoms with van der Waals surface area (Å²) in [6.45, 7) is 0.726. The first-order chi connectivity index (χ1) is 12.9. The fourth-order valence-electron chi connectivity index (χ4n) is 4.60. The molecule has 1 spiro atoms. The van der Waals surface area contributed by atoms with Gasteiger partial charge in [-0.1, -0.05) is 49.6 Å². The SMILES string of the molecule is NS(=O)(=O)c1ccc(C(=O)N2CC3(CCCCC3)C2c2ccccc2)nc1. The Bertz CT molecular complexity index is 936. The van der Waals surface area contributed by atoms with Crippen LogP contribution in [0.25, 0.3) is 0 Å². The van der Waals surface area contributed by atoms with E-state index in [0.29, 0.717) is 0 Å². The lowest BCUT2D eigenvalue weighted by Gasteiger charge is -2.59. The minimum absolute atomic E-state index is 0.0474. The fraction of sp³-hybridized carbons (Fsp3) is 0.400. The summed E-state index contributed by atoms with van der Waals surface area (Å²) in [7, 11) is -3.82. The maximum absolute atomic E-state index is 13.1. The fourth-order valence-corrected chi connectivity index (χ4v) is 5.06. The Morgan fingerprint density at radius 2 is 1.78 bits per heavy atom. The largest absolute Gasteiger partial charge is 0.329 e. The number of hydrogen-bond acceptors (Lipinski definition) is 4. The van der Waals surface area contributed by atoms with Crippen LogP contribution in [-0.4, -0.2) is 30.8 Å². The van der Waals surface area contributed by atoms with E-state index in [1.807, 2.05) is 23.1 Å². The number of sulfonamides is 1. The summed E-state index contributed by atoms with van der Waals surface area (Å²) in [5, 5.41) is 5.11. The minimum atomic E-state index is -3.82. The lowest BCUT2D eigenvalue weighted by Crippen LogP contribution is -2.61. The molecular weight excluding hydrogens is 362 g/mol. The quantitative estimate of drug-likeness (QED) is 0.879. The van der Waals surface area contributed by atoms with E-state index in [-0.39, 0.29) is 28.0 Å². The summed E-state index contributed by atoms with van der Waals surface area (Å²) < 4.78 is 22.8. The van der Waals surface area contributed by atoms with Crippen molar-refractivity contribution in [1.82, 2.24) is 9.88 Å². The molecule has 4 rings (SSSR count). The average molecular weight is 385 g/mol. The number of aromatic nitrogens is 1. The van der Waals surface area contributed by atoms with Crippen molar-refractivity contribution in [2.24, 2.45) is 10.6 Å². The number of hydrogen-bond donors (Lipinski definition) is 1. The molecule has 0 radical (unpaired) electrons. The van der Waals surface area contributed by atoms with Gasteiger partial charge in [-0.3, -0.25) is 4.79 Å². The zero-order valence-electron chi connectivity index (χ0n) is 15.0. The van der Waals surface area contributed by atoms with Gasteiger partial charge in [0, 0.05) is 18.2 Å². The molecular formula is C20H23N3O3S. The van der Waals surface area contributed by atoms with Crippen LogP contribution in [-0.2, 0) is 10.0 Å². The first kappa shape index (κ1) is 18.1. The Morgan fingerprint density at radius 3 is 2.37 bits per heavy atom. The standard InChI is InChI=1S/C20H23N3O3S/c21-27(25,26)16-9-10-17(22-13-16)19(24)23-14-20(11-5-2-6-12-20)18(23)15-7-3-1-4-8-15/h1,3-4,7-10,13,18H,2,5-6,11-12,14H2,(H2,21,25,26). The monoisotopic (exact) mass is 385 g/mol. The summed E-state index contributed by atoms with van der Waals surface area (Å²) in [6, 6.07) is 13.0. The van der Waals surface area contributed by atoms with Crippen molar-refractivity contribution in [3.8, 4) is 0 Å². The summed E-state index contributed by atoms with van der Waals surface area (Å²) in [4.78, 5) is 18.9. The minimum Gasteiger partial charge on any atom is -0.329 e. The van der Waals surface area contributed by atoms with Crippen molar-refractivity contribution in [2.45, 2.75) is 43.0 Å². The molecule has 1 amide bonds. The van der Waals surface area contributed by atoms with Crippen molar-refractivity contribution >= 4 is 15.9 Å². The molecule has 2 fully saturated rings. The predicted molar refractivity (Wildman–Crippen MR) is 101 cm³/mol. The molecule has 7 heteroatoms. The number of carbonyl (C=O) groups excluding carboxylic acids is 1. The third kappa shape index (κ3) is 3.26. The number of amides is 1. The number of benzene rings is 1. The maximum Gasteiger partial charge on any atom is 0.273 e. The Balaban J connectivity index is 1.63. The molecule has 1 aromatic carbocycles. The van der Waals surface area contributed by atoms with Crippen LogP contribution in [0.15, 0.2) is 53.6 Å². The molecule has 1 saturated heterocycles. The lowest BCUT2D eigenvalue weighted by molar-refractivity contribution is -0.0773. The normalized spacial score (nSPS) is 21.7. The molecule has 2 heterocycles. The van der Waals surface area contributed by atoms with Gasteiger partial charge >= 0.3 is 0 Å². The molecule has 142 valence electrons. The summed E-state index contributed by atoms with van der Waals surface area (Å²) in [5.41, 5.74) is 1.55. The molecule has 6 nitrogen and oxygen atoms in total. The van der Waals surface area contributed by atoms with Crippen LogP contribution in [0.3, 0.4) is 0 Å². The van der Waals surface area contributed by atoms with Crippen molar-refractivity contribution in [1.29, 1.82) is 0 Å². The van der Waals surface area contributed by atoms with Crippen molar-refractivity contribution in [2.75, 3.05) is 6.54 Å². The van der Waals surface area contributed by atoms with Crippen LogP contribution in [0.2, 0.25) is 0 Å². The van der Waals surface area contributed by atoms with E-state index >= 15 is 0 Å². The molecule has 2 aliphatic rings. The van der Waals surface area contributed by atoms with Crippen LogP contribution < -0.4 is 5.14 Å². The molecule has 1 unspecified atom stereocenters. The van der Waals surface area contributed by atoms with E-state index in [0.717, 1.165) is 31.1 Å². The molecule has 1 atom stereocenters. The van der Waals surface area contributed by atoms with Crippen LogP contribution in [0, 0.1) is 5.41 Å². The third-order valence-corrected chi connectivity index (χ3v) is 6.79. The van der Waals surface area contributed by atoms with Crippen LogP contribution in [0.1, 0.15) is 54.2 Å². The van der Waals surface area contributed by atoms with Gasteiger partial charge in [-0.2, -0.15) is 0 Å².